The van der Waals surface area contributed by atoms with Gasteiger partial charge in [-0.2, -0.15) is 0 Å². The lowest BCUT2D eigenvalue weighted by molar-refractivity contribution is 0.0910. The zero-order chi connectivity index (χ0) is 15.0. The van der Waals surface area contributed by atoms with Crippen molar-refractivity contribution in [2.45, 2.75) is 39.7 Å². The third-order valence-corrected chi connectivity index (χ3v) is 4.33. The third-order valence-electron chi connectivity index (χ3n) is 3.60. The highest BCUT2D eigenvalue weighted by Crippen LogP contribution is 2.35. The van der Waals surface area contributed by atoms with Crippen LogP contribution in [0.25, 0.3) is 0 Å². The molecule has 5 nitrogen and oxygen atoms in total. The molecule has 1 aliphatic rings. The average molecular weight is 298 g/mol. The molecule has 112 valence electrons. The molecule has 1 aromatic heterocycles. The SMILES string of the molecule is CC1(C)CC(=O)c2ccn(CCCNS(C)(=O)=O)c2C1. The first-order valence-corrected chi connectivity index (χ1v) is 8.73. The molecular formula is C14H22N2O3S. The van der Waals surface area contributed by atoms with Crippen LogP contribution in [0, 0.1) is 5.41 Å². The molecule has 0 atom stereocenters. The summed E-state index contributed by atoms with van der Waals surface area (Å²) in [5.74, 6) is 0.212. The number of aryl methyl sites for hydroxylation is 1. The fourth-order valence-electron chi connectivity index (χ4n) is 2.72. The Kier molecular flexibility index (Phi) is 4.07. The number of ketones is 1. The summed E-state index contributed by atoms with van der Waals surface area (Å²) in [4.78, 5) is 12.1. The van der Waals surface area contributed by atoms with Crippen LogP contribution in [-0.2, 0) is 23.0 Å². The maximum Gasteiger partial charge on any atom is 0.208 e. The van der Waals surface area contributed by atoms with E-state index in [1.165, 1.54) is 0 Å². The monoisotopic (exact) mass is 298 g/mol. The van der Waals surface area contributed by atoms with Gasteiger partial charge in [0.15, 0.2) is 5.78 Å². The second-order valence-corrected chi connectivity index (χ2v) is 8.16. The molecule has 1 heterocycles. The molecule has 1 aromatic rings. The minimum atomic E-state index is -3.12. The van der Waals surface area contributed by atoms with Gasteiger partial charge in [-0.3, -0.25) is 4.79 Å². The number of rotatable bonds is 5. The van der Waals surface area contributed by atoms with Crippen molar-refractivity contribution in [1.82, 2.24) is 9.29 Å². The van der Waals surface area contributed by atoms with Gasteiger partial charge >= 0.3 is 0 Å². The molecule has 0 fully saturated rings. The van der Waals surface area contributed by atoms with Crippen molar-refractivity contribution < 1.29 is 13.2 Å². The molecule has 0 amide bonds. The molecule has 2 rings (SSSR count). The number of nitrogens with zero attached hydrogens (tertiary/aromatic N) is 1. The number of carbonyl (C=O) groups excluding carboxylic acids is 1. The number of sulfonamides is 1. The van der Waals surface area contributed by atoms with Crippen LogP contribution in [0.1, 0.15) is 42.7 Å². The highest BCUT2D eigenvalue weighted by molar-refractivity contribution is 7.88. The predicted molar refractivity (Wildman–Crippen MR) is 78.3 cm³/mol. The second kappa shape index (κ2) is 5.33. The summed E-state index contributed by atoms with van der Waals surface area (Å²) in [5.41, 5.74) is 1.93. The largest absolute Gasteiger partial charge is 0.351 e. The van der Waals surface area contributed by atoms with Gasteiger partial charge in [0.25, 0.3) is 0 Å². The zero-order valence-corrected chi connectivity index (χ0v) is 13.1. The lowest BCUT2D eigenvalue weighted by Gasteiger charge is -2.29. The van der Waals surface area contributed by atoms with Crippen LogP contribution in [0.4, 0.5) is 0 Å². The summed E-state index contributed by atoms with van der Waals surface area (Å²) in [5, 5.41) is 0. The van der Waals surface area contributed by atoms with Crippen molar-refractivity contribution in [2.24, 2.45) is 5.41 Å². The number of nitrogens with one attached hydrogen (secondary N) is 1. The Morgan fingerprint density at radius 3 is 2.70 bits per heavy atom. The summed E-state index contributed by atoms with van der Waals surface area (Å²) in [6.45, 7) is 5.36. The molecule has 0 radical (unpaired) electrons. The van der Waals surface area contributed by atoms with E-state index in [0.29, 0.717) is 19.4 Å². The minimum absolute atomic E-state index is 0.00515. The van der Waals surface area contributed by atoms with E-state index >= 15 is 0 Å². The van der Waals surface area contributed by atoms with Crippen LogP contribution in [-0.4, -0.2) is 31.6 Å². The van der Waals surface area contributed by atoms with Crippen LogP contribution in [0.15, 0.2) is 12.3 Å². The lowest BCUT2D eigenvalue weighted by atomic mass is 9.76. The fraction of sp³-hybridized carbons (Fsp3) is 0.643. The van der Waals surface area contributed by atoms with E-state index in [1.54, 1.807) is 0 Å². The van der Waals surface area contributed by atoms with E-state index in [9.17, 15) is 13.2 Å². The van der Waals surface area contributed by atoms with Crippen LogP contribution in [0.3, 0.4) is 0 Å². The smallest absolute Gasteiger partial charge is 0.208 e. The normalized spacial score (nSPS) is 18.1. The van der Waals surface area contributed by atoms with E-state index in [1.807, 2.05) is 12.3 Å². The van der Waals surface area contributed by atoms with E-state index in [2.05, 4.69) is 23.1 Å². The Morgan fingerprint density at radius 1 is 1.35 bits per heavy atom. The average Bonchev–Trinajstić information content (AvgIpc) is 2.65. The number of Topliss-reactive ketones (excluding diaryl/α,β-unsaturated/α-hetero) is 1. The molecule has 0 saturated heterocycles. The predicted octanol–water partition coefficient (Wildman–Crippen LogP) is 1.58. The Bertz CT molecular complexity index is 614. The molecule has 0 aromatic carbocycles. The number of hydrogen-bond donors (Lipinski definition) is 1. The van der Waals surface area contributed by atoms with Crippen molar-refractivity contribution >= 4 is 15.8 Å². The van der Waals surface area contributed by atoms with Crippen molar-refractivity contribution in [1.29, 1.82) is 0 Å². The summed E-state index contributed by atoms with van der Waals surface area (Å²) < 4.78 is 26.5. The minimum Gasteiger partial charge on any atom is -0.351 e. The van der Waals surface area contributed by atoms with Crippen molar-refractivity contribution in [3.05, 3.63) is 23.5 Å². The van der Waals surface area contributed by atoms with Crippen LogP contribution in [0.2, 0.25) is 0 Å². The van der Waals surface area contributed by atoms with Gasteiger partial charge in [-0.1, -0.05) is 13.8 Å². The van der Waals surface area contributed by atoms with E-state index < -0.39 is 10.0 Å². The second-order valence-electron chi connectivity index (χ2n) is 6.33. The molecule has 0 unspecified atom stereocenters. The van der Waals surface area contributed by atoms with Gasteiger partial charge in [0, 0.05) is 37.0 Å². The molecule has 1 aliphatic carbocycles. The van der Waals surface area contributed by atoms with E-state index in [4.69, 9.17) is 0 Å². The van der Waals surface area contributed by atoms with E-state index in [-0.39, 0.29) is 11.2 Å². The Labute approximate surface area is 120 Å². The summed E-state index contributed by atoms with van der Waals surface area (Å²) in [6.07, 6.45) is 5.29. The van der Waals surface area contributed by atoms with Crippen LogP contribution in [0.5, 0.6) is 0 Å². The Hall–Kier alpha value is -1.14. The molecule has 1 N–H and O–H groups in total. The summed E-state index contributed by atoms with van der Waals surface area (Å²) in [6, 6.07) is 1.89. The molecule has 20 heavy (non-hydrogen) atoms. The third kappa shape index (κ3) is 3.70. The highest BCUT2D eigenvalue weighted by atomic mass is 32.2. The van der Waals surface area contributed by atoms with Crippen LogP contribution < -0.4 is 4.72 Å². The Morgan fingerprint density at radius 2 is 2.05 bits per heavy atom. The maximum absolute atomic E-state index is 12.1. The van der Waals surface area contributed by atoms with E-state index in [0.717, 1.165) is 30.5 Å². The number of aromatic nitrogens is 1. The topological polar surface area (TPSA) is 68.2 Å². The maximum atomic E-state index is 12.1. The molecule has 0 aliphatic heterocycles. The molecule has 0 saturated carbocycles. The van der Waals surface area contributed by atoms with Crippen molar-refractivity contribution in [2.75, 3.05) is 12.8 Å². The molecule has 0 spiro atoms. The number of carbonyl (C=O) groups is 1. The van der Waals surface area contributed by atoms with Crippen molar-refractivity contribution in [3.63, 3.8) is 0 Å². The van der Waals surface area contributed by atoms with Gasteiger partial charge in [-0.25, -0.2) is 13.1 Å². The number of hydrogen-bond acceptors (Lipinski definition) is 3. The highest BCUT2D eigenvalue weighted by Gasteiger charge is 2.32. The van der Waals surface area contributed by atoms with Gasteiger partial charge in [0.2, 0.25) is 10.0 Å². The van der Waals surface area contributed by atoms with Gasteiger partial charge in [0.05, 0.1) is 6.26 Å². The number of fused-ring (bicyclic) bond motifs is 1. The lowest BCUT2D eigenvalue weighted by Crippen LogP contribution is -2.28. The van der Waals surface area contributed by atoms with Gasteiger partial charge in [-0.15, -0.1) is 0 Å². The van der Waals surface area contributed by atoms with Gasteiger partial charge in [-0.05, 0) is 24.3 Å². The summed E-state index contributed by atoms with van der Waals surface area (Å²) >= 11 is 0. The van der Waals surface area contributed by atoms with Crippen molar-refractivity contribution in [3.8, 4) is 0 Å². The molecule has 6 heteroatoms. The first-order chi connectivity index (χ1) is 9.18. The quantitative estimate of drug-likeness (QED) is 0.839. The zero-order valence-electron chi connectivity index (χ0n) is 12.3. The molecular weight excluding hydrogens is 276 g/mol. The summed E-state index contributed by atoms with van der Waals surface area (Å²) in [7, 11) is -3.12. The molecule has 0 bridgehead atoms. The first kappa shape index (κ1) is 15.3. The van der Waals surface area contributed by atoms with Crippen LogP contribution >= 0.6 is 0 Å². The Balaban J connectivity index is 2.03. The fourth-order valence-corrected chi connectivity index (χ4v) is 3.23. The van der Waals surface area contributed by atoms with Gasteiger partial charge in [0.1, 0.15) is 0 Å². The van der Waals surface area contributed by atoms with Gasteiger partial charge < -0.3 is 4.57 Å². The standard InChI is InChI=1S/C14H22N2O3S/c1-14(2)9-12-11(13(17)10-14)5-8-16(12)7-4-6-15-20(3,18)19/h5,8,15H,4,6-7,9-10H2,1-3H3. The first-order valence-electron chi connectivity index (χ1n) is 6.84.